The van der Waals surface area contributed by atoms with Crippen molar-refractivity contribution in [2.45, 2.75) is 19.4 Å². The molecule has 1 aromatic heterocycles. The van der Waals surface area contributed by atoms with Crippen LogP contribution >= 0.6 is 0 Å². The predicted octanol–water partition coefficient (Wildman–Crippen LogP) is 2.79. The SMILES string of the molecule is COc1cccc(C(c2cccc(C)n2)N2CCCNCC2)c1OC. The molecule has 1 saturated heterocycles. The fourth-order valence-electron chi connectivity index (χ4n) is 3.51. The normalized spacial score (nSPS) is 16.9. The zero-order valence-corrected chi connectivity index (χ0v) is 15.3. The number of benzene rings is 1. The number of nitrogens with zero attached hydrogens (tertiary/aromatic N) is 2. The molecule has 1 aliphatic heterocycles. The van der Waals surface area contributed by atoms with Crippen LogP contribution < -0.4 is 14.8 Å². The van der Waals surface area contributed by atoms with Crippen LogP contribution in [-0.2, 0) is 0 Å². The van der Waals surface area contributed by atoms with E-state index in [-0.39, 0.29) is 6.04 Å². The number of rotatable bonds is 5. The Morgan fingerprint density at radius 3 is 2.64 bits per heavy atom. The summed E-state index contributed by atoms with van der Waals surface area (Å²) in [7, 11) is 3.38. The van der Waals surface area contributed by atoms with Crippen LogP contribution in [-0.4, -0.2) is 50.3 Å². The highest BCUT2D eigenvalue weighted by Crippen LogP contribution is 2.39. The highest BCUT2D eigenvalue weighted by atomic mass is 16.5. The molecule has 1 atom stereocenters. The molecular weight excluding hydrogens is 314 g/mol. The Morgan fingerprint density at radius 1 is 1.04 bits per heavy atom. The minimum Gasteiger partial charge on any atom is -0.493 e. The van der Waals surface area contributed by atoms with Crippen molar-refractivity contribution in [1.82, 2.24) is 15.2 Å². The van der Waals surface area contributed by atoms with Gasteiger partial charge in [-0.05, 0) is 38.1 Å². The van der Waals surface area contributed by atoms with Crippen LogP contribution in [0, 0.1) is 6.92 Å². The molecule has 3 rings (SSSR count). The second-order valence-corrected chi connectivity index (χ2v) is 6.33. The van der Waals surface area contributed by atoms with Crippen molar-refractivity contribution < 1.29 is 9.47 Å². The topological polar surface area (TPSA) is 46.6 Å². The molecule has 1 N–H and O–H groups in total. The van der Waals surface area contributed by atoms with Crippen molar-refractivity contribution in [2.75, 3.05) is 40.4 Å². The largest absolute Gasteiger partial charge is 0.493 e. The maximum atomic E-state index is 5.73. The number of hydrogen-bond acceptors (Lipinski definition) is 5. The van der Waals surface area contributed by atoms with Gasteiger partial charge in [0.1, 0.15) is 0 Å². The molecule has 5 heteroatoms. The molecule has 1 fully saturated rings. The third-order valence-electron chi connectivity index (χ3n) is 4.66. The summed E-state index contributed by atoms with van der Waals surface area (Å²) in [4.78, 5) is 7.31. The number of aromatic nitrogens is 1. The van der Waals surface area contributed by atoms with Gasteiger partial charge in [0, 0.05) is 30.9 Å². The Labute approximate surface area is 150 Å². The fourth-order valence-corrected chi connectivity index (χ4v) is 3.51. The van der Waals surface area contributed by atoms with Gasteiger partial charge >= 0.3 is 0 Å². The summed E-state index contributed by atoms with van der Waals surface area (Å²) >= 11 is 0. The van der Waals surface area contributed by atoms with E-state index in [0.717, 1.165) is 61.1 Å². The third kappa shape index (κ3) is 3.94. The lowest BCUT2D eigenvalue weighted by Crippen LogP contribution is -2.33. The summed E-state index contributed by atoms with van der Waals surface area (Å²) < 4.78 is 11.2. The van der Waals surface area contributed by atoms with Crippen LogP contribution in [0.25, 0.3) is 0 Å². The van der Waals surface area contributed by atoms with E-state index in [0.29, 0.717) is 0 Å². The van der Waals surface area contributed by atoms with Crippen molar-refractivity contribution in [3.05, 3.63) is 53.3 Å². The van der Waals surface area contributed by atoms with Crippen LogP contribution in [0.3, 0.4) is 0 Å². The van der Waals surface area contributed by atoms with Crippen molar-refractivity contribution in [1.29, 1.82) is 0 Å². The minimum absolute atomic E-state index is 0.0462. The van der Waals surface area contributed by atoms with Crippen molar-refractivity contribution >= 4 is 0 Å². The molecule has 0 saturated carbocycles. The lowest BCUT2D eigenvalue weighted by molar-refractivity contribution is 0.231. The van der Waals surface area contributed by atoms with Gasteiger partial charge in [0.2, 0.25) is 0 Å². The Bertz CT molecular complexity index is 697. The standard InChI is InChI=1S/C20H27N3O2/c1-15-7-4-9-17(22-15)19(23-13-6-11-21-12-14-23)16-8-5-10-18(24-2)20(16)25-3/h4-5,7-10,19,21H,6,11-14H2,1-3H3. The van der Waals surface area contributed by atoms with Crippen LogP contribution in [0.5, 0.6) is 11.5 Å². The number of pyridine rings is 1. The van der Waals surface area contributed by atoms with E-state index in [1.807, 2.05) is 25.1 Å². The molecule has 2 aromatic rings. The molecule has 0 spiro atoms. The average molecular weight is 341 g/mol. The van der Waals surface area contributed by atoms with E-state index in [1.54, 1.807) is 14.2 Å². The zero-order chi connectivity index (χ0) is 17.6. The Kier molecular flexibility index (Phi) is 5.89. The average Bonchev–Trinajstić information content (AvgIpc) is 2.91. The van der Waals surface area contributed by atoms with E-state index in [9.17, 15) is 0 Å². The van der Waals surface area contributed by atoms with Crippen molar-refractivity contribution in [3.8, 4) is 11.5 Å². The van der Waals surface area contributed by atoms with Crippen molar-refractivity contribution in [2.24, 2.45) is 0 Å². The first-order chi connectivity index (χ1) is 12.2. The van der Waals surface area contributed by atoms with E-state index in [2.05, 4.69) is 28.4 Å². The highest BCUT2D eigenvalue weighted by Gasteiger charge is 2.28. The van der Waals surface area contributed by atoms with Gasteiger partial charge in [0.25, 0.3) is 0 Å². The molecule has 5 nitrogen and oxygen atoms in total. The zero-order valence-electron chi connectivity index (χ0n) is 15.3. The van der Waals surface area contributed by atoms with E-state index in [1.165, 1.54) is 0 Å². The van der Waals surface area contributed by atoms with Gasteiger partial charge in [-0.3, -0.25) is 9.88 Å². The number of aryl methyl sites for hydroxylation is 1. The second-order valence-electron chi connectivity index (χ2n) is 6.33. The van der Waals surface area contributed by atoms with Gasteiger partial charge in [-0.15, -0.1) is 0 Å². The second kappa shape index (κ2) is 8.32. The van der Waals surface area contributed by atoms with Gasteiger partial charge in [-0.1, -0.05) is 18.2 Å². The maximum Gasteiger partial charge on any atom is 0.165 e. The third-order valence-corrected chi connectivity index (χ3v) is 4.66. The first-order valence-corrected chi connectivity index (χ1v) is 8.84. The first-order valence-electron chi connectivity index (χ1n) is 8.84. The Balaban J connectivity index is 2.11. The smallest absolute Gasteiger partial charge is 0.165 e. The van der Waals surface area contributed by atoms with Crippen molar-refractivity contribution in [3.63, 3.8) is 0 Å². The summed E-state index contributed by atoms with van der Waals surface area (Å²) in [5.74, 6) is 1.54. The summed E-state index contributed by atoms with van der Waals surface area (Å²) in [5.41, 5.74) is 3.17. The molecule has 134 valence electrons. The summed E-state index contributed by atoms with van der Waals surface area (Å²) in [5, 5.41) is 3.48. The molecule has 2 heterocycles. The maximum absolute atomic E-state index is 5.73. The summed E-state index contributed by atoms with van der Waals surface area (Å²) in [6.07, 6.45) is 1.12. The number of nitrogens with one attached hydrogen (secondary N) is 1. The Hall–Kier alpha value is -2.11. The van der Waals surface area contributed by atoms with Crippen LogP contribution in [0.2, 0.25) is 0 Å². The van der Waals surface area contributed by atoms with E-state index >= 15 is 0 Å². The molecule has 0 amide bonds. The number of para-hydroxylation sites is 1. The van der Waals surface area contributed by atoms with E-state index < -0.39 is 0 Å². The van der Waals surface area contributed by atoms with Crippen LogP contribution in [0.1, 0.15) is 29.4 Å². The number of methoxy groups -OCH3 is 2. The van der Waals surface area contributed by atoms with Crippen LogP contribution in [0.4, 0.5) is 0 Å². The van der Waals surface area contributed by atoms with Gasteiger partial charge in [0.15, 0.2) is 11.5 Å². The molecule has 25 heavy (non-hydrogen) atoms. The number of ether oxygens (including phenoxy) is 2. The number of hydrogen-bond donors (Lipinski definition) is 1. The van der Waals surface area contributed by atoms with E-state index in [4.69, 9.17) is 14.5 Å². The summed E-state index contributed by atoms with van der Waals surface area (Å²) in [6.45, 7) is 6.07. The first kappa shape index (κ1) is 17.7. The molecular formula is C20H27N3O2. The summed E-state index contributed by atoms with van der Waals surface area (Å²) in [6, 6.07) is 12.3. The molecule has 1 aromatic carbocycles. The molecule has 1 unspecified atom stereocenters. The highest BCUT2D eigenvalue weighted by molar-refractivity contribution is 5.50. The fraction of sp³-hybridized carbons (Fsp3) is 0.450. The predicted molar refractivity (Wildman–Crippen MR) is 99.4 cm³/mol. The monoisotopic (exact) mass is 341 g/mol. The molecule has 1 aliphatic rings. The minimum atomic E-state index is 0.0462. The lowest BCUT2D eigenvalue weighted by Gasteiger charge is -2.32. The lowest BCUT2D eigenvalue weighted by atomic mass is 9.99. The quantitative estimate of drug-likeness (QED) is 0.906. The van der Waals surface area contributed by atoms with Gasteiger partial charge < -0.3 is 14.8 Å². The van der Waals surface area contributed by atoms with Gasteiger partial charge in [-0.2, -0.15) is 0 Å². The molecule has 0 bridgehead atoms. The van der Waals surface area contributed by atoms with Gasteiger partial charge in [0.05, 0.1) is 26.0 Å². The Morgan fingerprint density at radius 2 is 1.88 bits per heavy atom. The molecule has 0 radical (unpaired) electrons. The molecule has 0 aliphatic carbocycles. The van der Waals surface area contributed by atoms with Crippen LogP contribution in [0.15, 0.2) is 36.4 Å². The van der Waals surface area contributed by atoms with Gasteiger partial charge in [-0.25, -0.2) is 0 Å².